The Hall–Kier alpha value is -2.03. The van der Waals surface area contributed by atoms with Crippen molar-refractivity contribution < 1.29 is 4.79 Å². The second-order valence-corrected chi connectivity index (χ2v) is 4.24. The van der Waals surface area contributed by atoms with E-state index in [1.54, 1.807) is 11.2 Å². The van der Waals surface area contributed by atoms with Crippen LogP contribution < -0.4 is 0 Å². The first-order valence-electron chi connectivity index (χ1n) is 6.22. The molecule has 1 heterocycles. The quantitative estimate of drug-likeness (QED) is 0.792. The van der Waals surface area contributed by atoms with Crippen LogP contribution in [0.25, 0.3) is 6.08 Å². The molecule has 0 unspecified atom stereocenters. The second kappa shape index (κ2) is 6.05. The van der Waals surface area contributed by atoms with Crippen molar-refractivity contribution in [1.29, 1.82) is 0 Å². The van der Waals surface area contributed by atoms with Crippen molar-refractivity contribution in [3.63, 3.8) is 0 Å². The highest BCUT2D eigenvalue weighted by Gasteiger charge is 2.23. The van der Waals surface area contributed by atoms with E-state index >= 15 is 0 Å². The third kappa shape index (κ3) is 3.00. The Bertz CT molecular complexity index is 439. The Labute approximate surface area is 108 Å². The summed E-state index contributed by atoms with van der Waals surface area (Å²) < 4.78 is 0. The lowest BCUT2D eigenvalue weighted by Gasteiger charge is -2.29. The number of nitrogens with zero attached hydrogens (tertiary/aromatic N) is 2. The molecule has 1 saturated heterocycles. The average molecular weight is 242 g/mol. The maximum absolute atomic E-state index is 11.6. The molecule has 0 saturated carbocycles. The van der Waals surface area contributed by atoms with Crippen molar-refractivity contribution in [2.45, 2.75) is 12.8 Å². The zero-order valence-electron chi connectivity index (χ0n) is 10.5. The highest BCUT2D eigenvalue weighted by Crippen LogP contribution is 2.13. The van der Waals surface area contributed by atoms with Gasteiger partial charge in [0.25, 0.3) is 0 Å². The molecule has 0 spiro atoms. The largest absolute Gasteiger partial charge is 0.287 e. The first-order valence-corrected chi connectivity index (χ1v) is 6.22. The molecule has 1 aliphatic heterocycles. The summed E-state index contributed by atoms with van der Waals surface area (Å²) in [4.78, 5) is 11.6. The van der Waals surface area contributed by atoms with Gasteiger partial charge < -0.3 is 0 Å². The zero-order chi connectivity index (χ0) is 12.8. The van der Waals surface area contributed by atoms with Crippen molar-refractivity contribution >= 4 is 12.0 Å². The summed E-state index contributed by atoms with van der Waals surface area (Å²) in [6.45, 7) is 5.23. The molecule has 0 atom stereocenters. The van der Waals surface area contributed by atoms with Gasteiger partial charge in [-0.05, 0) is 12.0 Å². The van der Waals surface area contributed by atoms with Crippen LogP contribution in [0.2, 0.25) is 0 Å². The van der Waals surface area contributed by atoms with E-state index < -0.39 is 0 Å². The van der Waals surface area contributed by atoms with Gasteiger partial charge in [0.15, 0.2) is 0 Å². The van der Waals surface area contributed by atoms with Crippen LogP contribution in [0.4, 0.5) is 0 Å². The van der Waals surface area contributed by atoms with Gasteiger partial charge in [0.05, 0.1) is 6.54 Å². The van der Waals surface area contributed by atoms with Crippen molar-refractivity contribution in [3.05, 3.63) is 54.8 Å². The minimum absolute atomic E-state index is 0.183. The van der Waals surface area contributed by atoms with Gasteiger partial charge >= 0.3 is 0 Å². The first-order chi connectivity index (χ1) is 8.81. The maximum atomic E-state index is 11.6. The first kappa shape index (κ1) is 12.4. The fourth-order valence-corrected chi connectivity index (χ4v) is 2.04. The summed E-state index contributed by atoms with van der Waals surface area (Å²) in [5, 5.41) is 3.64. The summed E-state index contributed by atoms with van der Waals surface area (Å²) in [5.74, 6) is 0.183. The molecule has 0 bridgehead atoms. The molecule has 0 aliphatic carbocycles. The van der Waals surface area contributed by atoms with Crippen molar-refractivity contribution in [3.8, 4) is 0 Å². The Morgan fingerprint density at radius 1 is 1.33 bits per heavy atom. The van der Waals surface area contributed by atoms with Gasteiger partial charge in [0, 0.05) is 19.2 Å². The number of benzene rings is 1. The monoisotopic (exact) mass is 242 g/mol. The molecule has 3 nitrogen and oxygen atoms in total. The molecule has 3 heteroatoms. The molecular weight excluding hydrogens is 224 g/mol. The summed E-state index contributed by atoms with van der Waals surface area (Å²) in [5.41, 5.74) is 1.16. The number of carbonyl (C=O) groups is 1. The third-order valence-corrected chi connectivity index (χ3v) is 2.97. The van der Waals surface area contributed by atoms with Crippen LogP contribution in [0.15, 0.2) is 49.2 Å². The fourth-order valence-electron chi connectivity index (χ4n) is 2.04. The maximum Gasteiger partial charge on any atom is 0.241 e. The average Bonchev–Trinajstić information content (AvgIpc) is 2.82. The van der Waals surface area contributed by atoms with Crippen molar-refractivity contribution in [1.82, 2.24) is 10.0 Å². The molecule has 0 aromatic heterocycles. The van der Waals surface area contributed by atoms with Crippen LogP contribution >= 0.6 is 0 Å². The summed E-state index contributed by atoms with van der Waals surface area (Å²) in [6.07, 6.45) is 7.39. The van der Waals surface area contributed by atoms with Crippen LogP contribution in [0.5, 0.6) is 0 Å². The van der Waals surface area contributed by atoms with Gasteiger partial charge in [-0.2, -0.15) is 0 Å². The van der Waals surface area contributed by atoms with E-state index in [9.17, 15) is 4.79 Å². The molecule has 1 aliphatic rings. The summed E-state index contributed by atoms with van der Waals surface area (Å²) >= 11 is 0. The molecular formula is C15H18N2O. The van der Waals surface area contributed by atoms with Gasteiger partial charge in [0.1, 0.15) is 0 Å². The van der Waals surface area contributed by atoms with Crippen LogP contribution in [0.1, 0.15) is 18.4 Å². The van der Waals surface area contributed by atoms with E-state index in [1.807, 2.05) is 29.3 Å². The minimum atomic E-state index is 0.183. The number of hydrogen-bond acceptors (Lipinski definition) is 2. The normalized spacial score (nSPS) is 15.3. The van der Waals surface area contributed by atoms with E-state index in [0.717, 1.165) is 18.5 Å². The zero-order valence-corrected chi connectivity index (χ0v) is 10.5. The number of carbonyl (C=O) groups excluding carboxylic acids is 1. The Kier molecular flexibility index (Phi) is 4.18. The number of hydrazine groups is 1. The smallest absolute Gasteiger partial charge is 0.241 e. The standard InChI is InChI=1S/C15H18N2O/c1-2-16(17-13-7-11-15(17)18)12-6-10-14-8-4-3-5-9-14/h2-6,8-10H,1,7,11-13H2. The molecule has 1 aromatic rings. The summed E-state index contributed by atoms with van der Waals surface area (Å²) in [7, 11) is 0. The molecule has 1 aromatic carbocycles. The molecule has 94 valence electrons. The number of rotatable bonds is 5. The predicted octanol–water partition coefficient (Wildman–Crippen LogP) is 2.68. The Morgan fingerprint density at radius 3 is 2.72 bits per heavy atom. The third-order valence-electron chi connectivity index (χ3n) is 2.97. The van der Waals surface area contributed by atoms with Crippen LogP contribution in [-0.2, 0) is 4.79 Å². The Balaban J connectivity index is 1.93. The van der Waals surface area contributed by atoms with Crippen LogP contribution in [0, 0.1) is 0 Å². The molecule has 1 amide bonds. The second-order valence-electron chi connectivity index (χ2n) is 4.24. The van der Waals surface area contributed by atoms with Crippen molar-refractivity contribution in [2.75, 3.05) is 13.1 Å². The van der Waals surface area contributed by atoms with E-state index in [-0.39, 0.29) is 5.91 Å². The van der Waals surface area contributed by atoms with E-state index in [4.69, 9.17) is 0 Å². The van der Waals surface area contributed by atoms with Gasteiger partial charge in [-0.25, -0.2) is 0 Å². The summed E-state index contributed by atoms with van der Waals surface area (Å²) in [6, 6.07) is 10.1. The molecule has 18 heavy (non-hydrogen) atoms. The van der Waals surface area contributed by atoms with Crippen LogP contribution in [-0.4, -0.2) is 29.0 Å². The Morgan fingerprint density at radius 2 is 2.11 bits per heavy atom. The lowest BCUT2D eigenvalue weighted by Crippen LogP contribution is -2.39. The van der Waals surface area contributed by atoms with Gasteiger partial charge in [-0.1, -0.05) is 49.1 Å². The number of hydrogen-bond donors (Lipinski definition) is 0. The molecule has 1 fully saturated rings. The highest BCUT2D eigenvalue weighted by molar-refractivity contribution is 5.77. The predicted molar refractivity (Wildman–Crippen MR) is 73.3 cm³/mol. The highest BCUT2D eigenvalue weighted by atomic mass is 16.2. The van der Waals surface area contributed by atoms with E-state index in [2.05, 4.69) is 24.8 Å². The van der Waals surface area contributed by atoms with Crippen molar-refractivity contribution in [2.24, 2.45) is 0 Å². The topological polar surface area (TPSA) is 23.6 Å². The minimum Gasteiger partial charge on any atom is -0.287 e. The van der Waals surface area contributed by atoms with Gasteiger partial charge in [-0.15, -0.1) is 0 Å². The lowest BCUT2D eigenvalue weighted by molar-refractivity contribution is -0.138. The molecule has 0 N–H and O–H groups in total. The van der Waals surface area contributed by atoms with E-state index in [1.165, 1.54) is 0 Å². The molecule has 2 rings (SSSR count). The molecule has 0 radical (unpaired) electrons. The van der Waals surface area contributed by atoms with Crippen LogP contribution in [0.3, 0.4) is 0 Å². The SMILES string of the molecule is C=CN(CC=Cc1ccccc1)N1CCCC1=O. The fraction of sp³-hybridized carbons (Fsp3) is 0.267. The lowest BCUT2D eigenvalue weighted by atomic mass is 10.2. The number of amides is 1. The van der Waals surface area contributed by atoms with Gasteiger partial charge in [-0.3, -0.25) is 14.8 Å². The van der Waals surface area contributed by atoms with E-state index in [0.29, 0.717) is 13.0 Å². The van der Waals surface area contributed by atoms with Gasteiger partial charge in [0.2, 0.25) is 5.91 Å².